The normalized spacial score (nSPS) is 18.4. The Balaban J connectivity index is 1.91. The number of methoxy groups -OCH3 is 1. The average Bonchev–Trinajstić information content (AvgIpc) is 2.56. The van der Waals surface area contributed by atoms with E-state index in [9.17, 15) is 9.59 Å². The lowest BCUT2D eigenvalue weighted by molar-refractivity contribution is -0.157. The van der Waals surface area contributed by atoms with Gasteiger partial charge in [-0.1, -0.05) is 24.3 Å². The van der Waals surface area contributed by atoms with Crippen molar-refractivity contribution in [1.82, 2.24) is 0 Å². The molecule has 2 atom stereocenters. The van der Waals surface area contributed by atoms with Crippen LogP contribution in [-0.4, -0.2) is 25.1 Å². The number of carbonyl (C=O) groups is 2. The first-order valence-electron chi connectivity index (χ1n) is 7.41. The van der Waals surface area contributed by atoms with Crippen molar-refractivity contribution >= 4 is 17.6 Å². The Hall–Kier alpha value is -2.30. The molecule has 0 aromatic heterocycles. The fourth-order valence-electron chi connectivity index (χ4n) is 2.31. The van der Waals surface area contributed by atoms with Crippen LogP contribution >= 0.6 is 0 Å². The quantitative estimate of drug-likeness (QED) is 0.671. The summed E-state index contributed by atoms with van der Waals surface area (Å²) in [7, 11) is 1.53. The number of anilines is 1. The van der Waals surface area contributed by atoms with E-state index in [0.717, 1.165) is 12.8 Å². The zero-order valence-electron chi connectivity index (χ0n) is 12.9. The second-order valence-corrected chi connectivity index (χ2v) is 5.25. The van der Waals surface area contributed by atoms with Crippen molar-refractivity contribution in [3.8, 4) is 5.75 Å². The molecule has 0 spiro atoms. The fourth-order valence-corrected chi connectivity index (χ4v) is 2.31. The maximum Gasteiger partial charge on any atom is 0.310 e. The molecule has 0 saturated carbocycles. The van der Waals surface area contributed by atoms with E-state index in [4.69, 9.17) is 9.47 Å². The summed E-state index contributed by atoms with van der Waals surface area (Å²) < 4.78 is 10.4. The predicted molar refractivity (Wildman–Crippen MR) is 83.7 cm³/mol. The lowest BCUT2D eigenvalue weighted by Gasteiger charge is -2.20. The Morgan fingerprint density at radius 3 is 2.73 bits per heavy atom. The Bertz CT molecular complexity index is 568. The first kappa shape index (κ1) is 16.1. The zero-order valence-corrected chi connectivity index (χ0v) is 12.9. The minimum atomic E-state index is -0.844. The zero-order chi connectivity index (χ0) is 15.9. The third-order valence-electron chi connectivity index (χ3n) is 3.63. The maximum absolute atomic E-state index is 12.1. The second kappa shape index (κ2) is 7.64. The highest BCUT2D eigenvalue weighted by Crippen LogP contribution is 2.24. The number of esters is 1. The Morgan fingerprint density at radius 2 is 2.05 bits per heavy atom. The van der Waals surface area contributed by atoms with Gasteiger partial charge in [0.2, 0.25) is 0 Å². The minimum Gasteiger partial charge on any atom is -0.495 e. The molecule has 0 unspecified atom stereocenters. The van der Waals surface area contributed by atoms with Gasteiger partial charge in [-0.2, -0.15) is 0 Å². The van der Waals surface area contributed by atoms with Gasteiger partial charge in [-0.05, 0) is 38.3 Å². The number of benzene rings is 1. The molecule has 1 aromatic rings. The van der Waals surface area contributed by atoms with Crippen LogP contribution in [-0.2, 0) is 14.3 Å². The molecule has 5 nitrogen and oxygen atoms in total. The van der Waals surface area contributed by atoms with Crippen molar-refractivity contribution < 1.29 is 19.1 Å². The number of ether oxygens (including phenoxy) is 2. The molecule has 1 aromatic carbocycles. The molecule has 0 radical (unpaired) electrons. The summed E-state index contributed by atoms with van der Waals surface area (Å²) in [5, 5.41) is 2.71. The number of carbonyl (C=O) groups excluding carboxylic acids is 2. The third-order valence-corrected chi connectivity index (χ3v) is 3.63. The van der Waals surface area contributed by atoms with E-state index >= 15 is 0 Å². The molecule has 0 saturated heterocycles. The number of hydrogen-bond acceptors (Lipinski definition) is 4. The van der Waals surface area contributed by atoms with Gasteiger partial charge in [-0.15, -0.1) is 0 Å². The van der Waals surface area contributed by atoms with Gasteiger partial charge in [-0.3, -0.25) is 9.59 Å². The van der Waals surface area contributed by atoms with Crippen LogP contribution in [0.5, 0.6) is 5.75 Å². The lowest BCUT2D eigenvalue weighted by atomic mass is 9.95. The smallest absolute Gasteiger partial charge is 0.310 e. The van der Waals surface area contributed by atoms with Gasteiger partial charge in [0.15, 0.2) is 6.10 Å². The van der Waals surface area contributed by atoms with E-state index in [1.54, 1.807) is 25.1 Å². The van der Waals surface area contributed by atoms with E-state index in [0.29, 0.717) is 17.9 Å². The van der Waals surface area contributed by atoms with Gasteiger partial charge in [-0.25, -0.2) is 0 Å². The summed E-state index contributed by atoms with van der Waals surface area (Å²) in [6, 6.07) is 7.09. The summed E-state index contributed by atoms with van der Waals surface area (Å²) in [5.41, 5.74) is 0.554. The predicted octanol–water partition coefficient (Wildman–Crippen LogP) is 2.92. The molecule has 0 aliphatic heterocycles. The molecule has 1 amide bonds. The van der Waals surface area contributed by atoms with Crippen molar-refractivity contribution in [1.29, 1.82) is 0 Å². The largest absolute Gasteiger partial charge is 0.495 e. The molecule has 0 heterocycles. The highest BCUT2D eigenvalue weighted by atomic mass is 16.5. The molecule has 0 bridgehead atoms. The molecule has 22 heavy (non-hydrogen) atoms. The Kier molecular flexibility index (Phi) is 5.58. The molecule has 1 N–H and O–H groups in total. The summed E-state index contributed by atoms with van der Waals surface area (Å²) in [4.78, 5) is 24.2. The van der Waals surface area contributed by atoms with Gasteiger partial charge < -0.3 is 14.8 Å². The topological polar surface area (TPSA) is 64.6 Å². The average molecular weight is 303 g/mol. The number of rotatable bonds is 5. The first-order valence-corrected chi connectivity index (χ1v) is 7.41. The highest BCUT2D eigenvalue weighted by Gasteiger charge is 2.25. The van der Waals surface area contributed by atoms with Crippen molar-refractivity contribution in [3.05, 3.63) is 36.4 Å². The van der Waals surface area contributed by atoms with Crippen LogP contribution in [0.25, 0.3) is 0 Å². The van der Waals surface area contributed by atoms with E-state index in [1.807, 2.05) is 12.1 Å². The second-order valence-electron chi connectivity index (χ2n) is 5.25. The van der Waals surface area contributed by atoms with E-state index in [-0.39, 0.29) is 17.8 Å². The fraction of sp³-hybridized carbons (Fsp3) is 0.412. The SMILES string of the molecule is COc1ccccc1NC(=O)[C@@H](C)OC(=O)[C@H]1CC=CCC1. The van der Waals surface area contributed by atoms with Crippen molar-refractivity contribution in [3.63, 3.8) is 0 Å². The number of hydrogen-bond donors (Lipinski definition) is 1. The van der Waals surface area contributed by atoms with Gasteiger partial charge >= 0.3 is 5.97 Å². The van der Waals surface area contributed by atoms with Gasteiger partial charge in [0, 0.05) is 0 Å². The van der Waals surface area contributed by atoms with Crippen LogP contribution in [0.1, 0.15) is 26.2 Å². The number of amides is 1. The van der Waals surface area contributed by atoms with E-state index < -0.39 is 6.10 Å². The number of para-hydroxylation sites is 2. The van der Waals surface area contributed by atoms with Crippen LogP contribution < -0.4 is 10.1 Å². The highest BCUT2D eigenvalue weighted by molar-refractivity contribution is 5.96. The number of allylic oxidation sites excluding steroid dienone is 2. The van der Waals surface area contributed by atoms with Crippen molar-refractivity contribution in [2.45, 2.75) is 32.3 Å². The van der Waals surface area contributed by atoms with Crippen LogP contribution in [0.15, 0.2) is 36.4 Å². The first-order chi connectivity index (χ1) is 10.6. The van der Waals surface area contributed by atoms with Crippen LogP contribution in [0, 0.1) is 5.92 Å². The van der Waals surface area contributed by atoms with E-state index in [1.165, 1.54) is 7.11 Å². The minimum absolute atomic E-state index is 0.147. The Morgan fingerprint density at radius 1 is 1.27 bits per heavy atom. The van der Waals surface area contributed by atoms with Crippen molar-refractivity contribution in [2.75, 3.05) is 12.4 Å². The van der Waals surface area contributed by atoms with Gasteiger partial charge in [0.1, 0.15) is 5.75 Å². The number of nitrogens with one attached hydrogen (secondary N) is 1. The molecular weight excluding hydrogens is 282 g/mol. The van der Waals surface area contributed by atoms with Crippen LogP contribution in [0.2, 0.25) is 0 Å². The molecule has 1 aliphatic carbocycles. The maximum atomic E-state index is 12.1. The molecule has 0 fully saturated rings. The molecule has 2 rings (SSSR count). The van der Waals surface area contributed by atoms with Crippen molar-refractivity contribution in [2.24, 2.45) is 5.92 Å². The van der Waals surface area contributed by atoms with Gasteiger partial charge in [0.05, 0.1) is 18.7 Å². The van der Waals surface area contributed by atoms with Gasteiger partial charge in [0.25, 0.3) is 5.91 Å². The van der Waals surface area contributed by atoms with Crippen LogP contribution in [0.4, 0.5) is 5.69 Å². The molecular formula is C17H21NO4. The molecule has 118 valence electrons. The summed E-state index contributed by atoms with van der Waals surface area (Å²) >= 11 is 0. The summed E-state index contributed by atoms with van der Waals surface area (Å²) in [5.74, 6) is -0.269. The lowest BCUT2D eigenvalue weighted by Crippen LogP contribution is -2.32. The third kappa shape index (κ3) is 4.10. The summed E-state index contributed by atoms with van der Waals surface area (Å²) in [6.07, 6.45) is 5.52. The summed E-state index contributed by atoms with van der Waals surface area (Å²) in [6.45, 7) is 1.57. The Labute approximate surface area is 130 Å². The monoisotopic (exact) mass is 303 g/mol. The van der Waals surface area contributed by atoms with E-state index in [2.05, 4.69) is 11.4 Å². The molecule has 1 aliphatic rings. The van der Waals surface area contributed by atoms with Crippen LogP contribution in [0.3, 0.4) is 0 Å². The molecule has 5 heteroatoms. The standard InChI is InChI=1S/C17H21NO4/c1-12(22-17(20)13-8-4-3-5-9-13)16(19)18-14-10-6-7-11-15(14)21-2/h3-4,6-7,10-13H,5,8-9H2,1-2H3,(H,18,19)/t12-,13+/m1/s1.